The van der Waals surface area contributed by atoms with E-state index in [4.69, 9.17) is 22.1 Å². The van der Waals surface area contributed by atoms with Crippen LogP contribution in [0.1, 0.15) is 18.4 Å². The predicted molar refractivity (Wildman–Crippen MR) is 97.1 cm³/mol. The van der Waals surface area contributed by atoms with Crippen molar-refractivity contribution in [2.45, 2.75) is 12.8 Å². The second-order valence-corrected chi connectivity index (χ2v) is 6.02. The minimum absolute atomic E-state index is 0.138. The Balaban J connectivity index is 1.92. The molecule has 0 radical (unpaired) electrons. The molecule has 2 aromatic rings. The molecule has 0 saturated heterocycles. The largest absolute Gasteiger partial charge is 0.449 e. The molecule has 0 aliphatic carbocycles. The van der Waals surface area contributed by atoms with Gasteiger partial charge in [-0.3, -0.25) is 4.79 Å². The highest BCUT2D eigenvalue weighted by molar-refractivity contribution is 6.30. The normalized spacial score (nSPS) is 15.3. The van der Waals surface area contributed by atoms with Gasteiger partial charge in [0.1, 0.15) is 0 Å². The summed E-state index contributed by atoms with van der Waals surface area (Å²) < 4.78 is 5.83. The Bertz CT molecular complexity index is 756. The minimum Gasteiger partial charge on any atom is -0.449 e. The SMILES string of the molecule is NCCCCN1C(=O)/C(=C\c2ccc(Cl)cc2)Oc2ccccc21. The van der Waals surface area contributed by atoms with Gasteiger partial charge in [0.25, 0.3) is 5.91 Å². The van der Waals surface area contributed by atoms with Gasteiger partial charge < -0.3 is 15.4 Å². The number of hydrogen-bond donors (Lipinski definition) is 1. The molecule has 0 atom stereocenters. The molecule has 1 aliphatic heterocycles. The summed E-state index contributed by atoms with van der Waals surface area (Å²) in [6.45, 7) is 1.24. The fourth-order valence-electron chi connectivity index (χ4n) is 2.61. The first-order valence-corrected chi connectivity index (χ1v) is 8.33. The fraction of sp³-hybridized carbons (Fsp3) is 0.211. The first-order chi connectivity index (χ1) is 11.7. The highest BCUT2D eigenvalue weighted by Crippen LogP contribution is 2.35. The van der Waals surface area contributed by atoms with Crippen LogP contribution in [0.4, 0.5) is 5.69 Å². The van der Waals surface area contributed by atoms with Gasteiger partial charge in [-0.15, -0.1) is 0 Å². The van der Waals surface area contributed by atoms with Crippen LogP contribution in [0.2, 0.25) is 5.02 Å². The Hall–Kier alpha value is -2.30. The Morgan fingerprint density at radius 3 is 2.58 bits per heavy atom. The summed E-state index contributed by atoms with van der Waals surface area (Å²) in [5.41, 5.74) is 7.23. The molecule has 124 valence electrons. The van der Waals surface area contributed by atoms with Crippen LogP contribution in [0.5, 0.6) is 5.75 Å². The first-order valence-electron chi connectivity index (χ1n) is 7.95. The standard InChI is InChI=1S/C19H19ClN2O2/c20-15-9-7-14(8-10-15)13-18-19(23)22(12-4-3-11-21)16-5-1-2-6-17(16)24-18/h1-2,5-10,13H,3-4,11-12,21H2/b18-13+. The zero-order valence-corrected chi connectivity index (χ0v) is 14.0. The van der Waals surface area contributed by atoms with Gasteiger partial charge in [-0.05, 0) is 55.3 Å². The Morgan fingerprint density at radius 1 is 1.08 bits per heavy atom. The smallest absolute Gasteiger partial charge is 0.294 e. The van der Waals surface area contributed by atoms with Crippen LogP contribution in [-0.4, -0.2) is 19.0 Å². The lowest BCUT2D eigenvalue weighted by Gasteiger charge is -2.30. The van der Waals surface area contributed by atoms with E-state index in [-0.39, 0.29) is 5.91 Å². The minimum atomic E-state index is -0.138. The van der Waals surface area contributed by atoms with Gasteiger partial charge in [-0.1, -0.05) is 35.9 Å². The third-order valence-electron chi connectivity index (χ3n) is 3.84. The monoisotopic (exact) mass is 342 g/mol. The van der Waals surface area contributed by atoms with Crippen LogP contribution in [0.25, 0.3) is 6.08 Å². The summed E-state index contributed by atoms with van der Waals surface area (Å²) in [6.07, 6.45) is 3.47. The van der Waals surface area contributed by atoms with Crippen LogP contribution >= 0.6 is 11.6 Å². The lowest BCUT2D eigenvalue weighted by atomic mass is 10.1. The van der Waals surface area contributed by atoms with Crippen molar-refractivity contribution >= 4 is 29.3 Å². The molecule has 2 N–H and O–H groups in total. The van der Waals surface area contributed by atoms with Crippen molar-refractivity contribution in [1.82, 2.24) is 0 Å². The highest BCUT2D eigenvalue weighted by Gasteiger charge is 2.29. The third-order valence-corrected chi connectivity index (χ3v) is 4.09. The summed E-state index contributed by atoms with van der Waals surface area (Å²) in [7, 11) is 0. The molecule has 0 aromatic heterocycles. The molecule has 1 amide bonds. The second kappa shape index (κ2) is 7.51. The van der Waals surface area contributed by atoms with Crippen LogP contribution in [0, 0.1) is 0 Å². The summed E-state index contributed by atoms with van der Waals surface area (Å²) >= 11 is 5.91. The van der Waals surface area contributed by atoms with Crippen molar-refractivity contribution in [3.8, 4) is 5.75 Å². The van der Waals surface area contributed by atoms with Crippen LogP contribution < -0.4 is 15.4 Å². The number of ether oxygens (including phenoxy) is 1. The number of anilines is 1. The maximum atomic E-state index is 12.8. The van der Waals surface area contributed by atoms with Crippen LogP contribution in [-0.2, 0) is 4.79 Å². The Labute approximate surface area is 146 Å². The van der Waals surface area contributed by atoms with Gasteiger partial charge in [-0.25, -0.2) is 0 Å². The summed E-state index contributed by atoms with van der Waals surface area (Å²) in [5, 5.41) is 0.654. The number of unbranched alkanes of at least 4 members (excludes halogenated alkanes) is 1. The second-order valence-electron chi connectivity index (χ2n) is 5.58. The lowest BCUT2D eigenvalue weighted by molar-refractivity contribution is -0.117. The summed E-state index contributed by atoms with van der Waals surface area (Å²) in [4.78, 5) is 14.6. The molecule has 4 nitrogen and oxygen atoms in total. The van der Waals surface area contributed by atoms with E-state index in [1.54, 1.807) is 23.1 Å². The number of carbonyl (C=O) groups excluding carboxylic acids is 1. The zero-order valence-electron chi connectivity index (χ0n) is 13.2. The fourth-order valence-corrected chi connectivity index (χ4v) is 2.73. The molecule has 0 spiro atoms. The molecule has 5 heteroatoms. The molecule has 2 aromatic carbocycles. The third kappa shape index (κ3) is 3.61. The molecule has 0 fully saturated rings. The number of para-hydroxylation sites is 2. The Kier molecular flexibility index (Phi) is 5.18. The van der Waals surface area contributed by atoms with Crippen molar-refractivity contribution < 1.29 is 9.53 Å². The number of benzene rings is 2. The van der Waals surface area contributed by atoms with E-state index >= 15 is 0 Å². The summed E-state index contributed by atoms with van der Waals surface area (Å²) in [6, 6.07) is 14.8. The quantitative estimate of drug-likeness (QED) is 0.663. The number of fused-ring (bicyclic) bond motifs is 1. The van der Waals surface area contributed by atoms with Crippen molar-refractivity contribution in [2.24, 2.45) is 5.73 Å². The number of nitrogens with two attached hydrogens (primary N) is 1. The number of amides is 1. The number of nitrogens with zero attached hydrogens (tertiary/aromatic N) is 1. The van der Waals surface area contributed by atoms with Gasteiger partial charge in [0.05, 0.1) is 5.69 Å². The maximum Gasteiger partial charge on any atom is 0.294 e. The average Bonchev–Trinajstić information content (AvgIpc) is 2.60. The highest BCUT2D eigenvalue weighted by atomic mass is 35.5. The van der Waals surface area contributed by atoms with Gasteiger partial charge in [0.15, 0.2) is 11.5 Å². The van der Waals surface area contributed by atoms with Crippen molar-refractivity contribution in [1.29, 1.82) is 0 Å². The van der Waals surface area contributed by atoms with E-state index in [0.717, 1.165) is 24.1 Å². The first kappa shape index (κ1) is 16.6. The van der Waals surface area contributed by atoms with Crippen molar-refractivity contribution in [3.05, 3.63) is 64.9 Å². The molecular weight excluding hydrogens is 324 g/mol. The van der Waals surface area contributed by atoms with Gasteiger partial charge in [-0.2, -0.15) is 0 Å². The molecule has 3 rings (SSSR count). The van der Waals surface area contributed by atoms with E-state index in [1.165, 1.54) is 0 Å². The van der Waals surface area contributed by atoms with E-state index in [1.807, 2.05) is 36.4 Å². The average molecular weight is 343 g/mol. The van der Waals surface area contributed by atoms with Crippen LogP contribution in [0.15, 0.2) is 54.3 Å². The number of rotatable bonds is 5. The van der Waals surface area contributed by atoms with Crippen molar-refractivity contribution in [3.63, 3.8) is 0 Å². The zero-order chi connectivity index (χ0) is 16.9. The van der Waals surface area contributed by atoms with Crippen LogP contribution in [0.3, 0.4) is 0 Å². The number of hydrogen-bond acceptors (Lipinski definition) is 3. The van der Waals surface area contributed by atoms with Gasteiger partial charge in [0, 0.05) is 11.6 Å². The molecule has 1 aliphatic rings. The van der Waals surface area contributed by atoms with Crippen molar-refractivity contribution in [2.75, 3.05) is 18.0 Å². The molecule has 0 bridgehead atoms. The van der Waals surface area contributed by atoms with E-state index < -0.39 is 0 Å². The molecule has 1 heterocycles. The topological polar surface area (TPSA) is 55.6 Å². The molecule has 24 heavy (non-hydrogen) atoms. The molecular formula is C19H19ClN2O2. The van der Waals surface area contributed by atoms with Gasteiger partial charge >= 0.3 is 0 Å². The molecule has 0 unspecified atom stereocenters. The maximum absolute atomic E-state index is 12.8. The number of carbonyl (C=O) groups is 1. The predicted octanol–water partition coefficient (Wildman–Crippen LogP) is 3.85. The summed E-state index contributed by atoms with van der Waals surface area (Å²) in [5.74, 6) is 0.856. The Morgan fingerprint density at radius 2 is 1.83 bits per heavy atom. The van der Waals surface area contributed by atoms with E-state index in [2.05, 4.69) is 0 Å². The number of halogens is 1. The van der Waals surface area contributed by atoms with E-state index in [9.17, 15) is 4.79 Å². The van der Waals surface area contributed by atoms with E-state index in [0.29, 0.717) is 29.6 Å². The van der Waals surface area contributed by atoms with Gasteiger partial charge in [0.2, 0.25) is 0 Å². The molecule has 0 saturated carbocycles. The lowest BCUT2D eigenvalue weighted by Crippen LogP contribution is -2.38.